The molecule has 1 aliphatic rings. The molecule has 0 bridgehead atoms. The van der Waals surface area contributed by atoms with E-state index in [-0.39, 0.29) is 42.3 Å². The first-order valence-corrected chi connectivity index (χ1v) is 10.3. The summed E-state index contributed by atoms with van der Waals surface area (Å²) in [4.78, 5) is 14.6. The molecule has 3 rings (SSSR count). The topological polar surface area (TPSA) is 39.2 Å². The van der Waals surface area contributed by atoms with E-state index in [4.69, 9.17) is 4.74 Å². The molecule has 0 spiro atoms. The number of pyridine rings is 1. The van der Waals surface area contributed by atoms with E-state index < -0.39 is 35.7 Å². The van der Waals surface area contributed by atoms with Crippen LogP contribution in [0.25, 0.3) is 10.9 Å². The van der Waals surface area contributed by atoms with Crippen LogP contribution >= 0.6 is 0 Å². The normalized spacial score (nSPS) is 18.9. The van der Waals surface area contributed by atoms with Crippen molar-refractivity contribution >= 4 is 17.2 Å². The molecule has 0 atom stereocenters. The number of carbonyl (C=O) groups excluding carboxylic acids is 1. The third-order valence-corrected chi connectivity index (χ3v) is 4.69. The van der Waals surface area contributed by atoms with Crippen molar-refractivity contribution in [3.05, 3.63) is 35.5 Å². The number of rotatable bonds is 3. The van der Waals surface area contributed by atoms with Crippen LogP contribution in [0, 0.1) is 5.92 Å². The molecule has 2 aromatic rings. The lowest BCUT2D eigenvalue weighted by Crippen LogP contribution is -2.32. The number of ether oxygens (including phenoxy) is 1. The Morgan fingerprint density at radius 1 is 0.903 bits per heavy atom. The summed E-state index contributed by atoms with van der Waals surface area (Å²) < 4.78 is 84.5. The average Bonchev–Trinajstić information content (AvgIpc) is 2.75. The minimum absolute atomic E-state index is 0.00485. The Hall–Kier alpha value is -2.32. The number of hydrogen-bond acceptors (Lipinski definition) is 3. The Morgan fingerprint density at radius 2 is 1.48 bits per heavy atom. The van der Waals surface area contributed by atoms with E-state index >= 15 is 0 Å². The standard InChI is InChI=1S/C18H15F6NO2.2C2H6/c19-17(20,21)10-1-4-12(5-2-10)27-15-8-7-14-13(16(15)18(22,23)24)6-3-11(9-26)25-14;2*1-2/h3,6-10,12H,1-2,4-5H2;2*1-2H3. The Morgan fingerprint density at radius 3 is 1.97 bits per heavy atom. The SMILES string of the molecule is CC.CC.O=Cc1ccc2c(C(F)(F)F)c(OC3CCC(C(F)(F)F)CC3)ccc2n1. The molecule has 0 radical (unpaired) electrons. The van der Waals surface area contributed by atoms with Crippen molar-refractivity contribution in [1.82, 2.24) is 4.98 Å². The molecule has 1 aliphatic carbocycles. The summed E-state index contributed by atoms with van der Waals surface area (Å²) in [5, 5.41) is -0.227. The Kier molecular flexibility index (Phi) is 9.77. The average molecular weight is 451 g/mol. The predicted molar refractivity (Wildman–Crippen MR) is 107 cm³/mol. The Balaban J connectivity index is 0.00000113. The van der Waals surface area contributed by atoms with Crippen LogP contribution in [0.15, 0.2) is 24.3 Å². The molecule has 0 amide bonds. The van der Waals surface area contributed by atoms with Gasteiger partial charge in [-0.15, -0.1) is 0 Å². The number of aromatic nitrogens is 1. The zero-order valence-electron chi connectivity index (χ0n) is 17.9. The lowest BCUT2D eigenvalue weighted by molar-refractivity contribution is -0.185. The van der Waals surface area contributed by atoms with E-state index in [1.54, 1.807) is 0 Å². The van der Waals surface area contributed by atoms with E-state index in [1.807, 2.05) is 27.7 Å². The highest BCUT2D eigenvalue weighted by Gasteiger charge is 2.42. The largest absolute Gasteiger partial charge is 0.490 e. The fourth-order valence-electron chi connectivity index (χ4n) is 3.34. The van der Waals surface area contributed by atoms with Gasteiger partial charge in [-0.2, -0.15) is 26.3 Å². The van der Waals surface area contributed by atoms with E-state index in [1.165, 1.54) is 12.1 Å². The minimum Gasteiger partial charge on any atom is -0.490 e. The van der Waals surface area contributed by atoms with Crippen LogP contribution in [0.4, 0.5) is 26.3 Å². The second-order valence-electron chi connectivity index (χ2n) is 6.49. The predicted octanol–water partition coefficient (Wildman–Crippen LogP) is 7.62. The third-order valence-electron chi connectivity index (χ3n) is 4.69. The molecular weight excluding hydrogens is 424 g/mol. The molecule has 0 aliphatic heterocycles. The maximum Gasteiger partial charge on any atom is 0.420 e. The number of fused-ring (bicyclic) bond motifs is 1. The third kappa shape index (κ3) is 6.83. The lowest BCUT2D eigenvalue weighted by atomic mass is 9.87. The van der Waals surface area contributed by atoms with E-state index in [2.05, 4.69) is 4.98 Å². The van der Waals surface area contributed by atoms with Gasteiger partial charge in [0.15, 0.2) is 6.29 Å². The summed E-state index contributed by atoms with van der Waals surface area (Å²) in [5.74, 6) is -1.88. The van der Waals surface area contributed by atoms with Crippen molar-refractivity contribution in [2.24, 2.45) is 5.92 Å². The zero-order chi connectivity index (χ0) is 23.8. The van der Waals surface area contributed by atoms with Crippen molar-refractivity contribution in [1.29, 1.82) is 0 Å². The van der Waals surface area contributed by atoms with Gasteiger partial charge in [0.05, 0.1) is 17.5 Å². The van der Waals surface area contributed by atoms with Gasteiger partial charge in [-0.3, -0.25) is 4.79 Å². The molecule has 9 heteroatoms. The summed E-state index contributed by atoms with van der Waals surface area (Å²) in [6.45, 7) is 8.00. The first-order valence-electron chi connectivity index (χ1n) is 10.3. The summed E-state index contributed by atoms with van der Waals surface area (Å²) in [6.07, 6.45) is -9.62. The molecule has 31 heavy (non-hydrogen) atoms. The van der Waals surface area contributed by atoms with E-state index in [0.29, 0.717) is 6.29 Å². The molecule has 0 N–H and O–H groups in total. The highest BCUT2D eigenvalue weighted by Crippen LogP contribution is 2.43. The van der Waals surface area contributed by atoms with E-state index in [0.717, 1.165) is 12.1 Å². The Labute approximate surface area is 177 Å². The summed E-state index contributed by atoms with van der Waals surface area (Å²) >= 11 is 0. The van der Waals surface area contributed by atoms with Crippen molar-refractivity contribution in [2.75, 3.05) is 0 Å². The van der Waals surface area contributed by atoms with Crippen LogP contribution < -0.4 is 4.74 Å². The fourth-order valence-corrected chi connectivity index (χ4v) is 3.34. The molecule has 1 heterocycles. The summed E-state index contributed by atoms with van der Waals surface area (Å²) in [5.41, 5.74) is -1.06. The van der Waals surface area contributed by atoms with Gasteiger partial charge in [0, 0.05) is 5.39 Å². The second kappa shape index (κ2) is 11.3. The number of alkyl halides is 6. The molecule has 174 valence electrons. The molecule has 1 aromatic heterocycles. The van der Waals surface area contributed by atoms with Crippen molar-refractivity contribution in [3.63, 3.8) is 0 Å². The maximum absolute atomic E-state index is 13.6. The first-order chi connectivity index (χ1) is 14.6. The number of nitrogens with zero attached hydrogens (tertiary/aromatic N) is 1. The smallest absolute Gasteiger partial charge is 0.420 e. The van der Waals surface area contributed by atoms with Crippen molar-refractivity contribution in [2.45, 2.75) is 71.8 Å². The van der Waals surface area contributed by atoms with Gasteiger partial charge in [-0.25, -0.2) is 4.98 Å². The van der Waals surface area contributed by atoms with Crippen LogP contribution in [0.3, 0.4) is 0 Å². The maximum atomic E-state index is 13.6. The number of halogens is 6. The number of hydrogen-bond donors (Lipinski definition) is 0. The highest BCUT2D eigenvalue weighted by molar-refractivity contribution is 5.88. The molecule has 1 aromatic carbocycles. The van der Waals surface area contributed by atoms with Gasteiger partial charge < -0.3 is 4.74 Å². The van der Waals surface area contributed by atoms with Gasteiger partial charge in [-0.05, 0) is 49.9 Å². The summed E-state index contributed by atoms with van der Waals surface area (Å²) in [7, 11) is 0. The quantitative estimate of drug-likeness (QED) is 0.356. The van der Waals surface area contributed by atoms with Gasteiger partial charge in [0.2, 0.25) is 0 Å². The zero-order valence-corrected chi connectivity index (χ0v) is 17.9. The van der Waals surface area contributed by atoms with Gasteiger partial charge in [0.1, 0.15) is 17.0 Å². The number of aldehydes is 1. The van der Waals surface area contributed by atoms with Crippen LogP contribution in [0.1, 0.15) is 69.4 Å². The molecule has 1 saturated carbocycles. The molecule has 1 fully saturated rings. The van der Waals surface area contributed by atoms with E-state index in [9.17, 15) is 31.1 Å². The monoisotopic (exact) mass is 451 g/mol. The van der Waals surface area contributed by atoms with Gasteiger partial charge in [-0.1, -0.05) is 27.7 Å². The summed E-state index contributed by atoms with van der Waals surface area (Å²) in [6, 6.07) is 4.71. The molecule has 3 nitrogen and oxygen atoms in total. The van der Waals surface area contributed by atoms with Crippen LogP contribution in [0.2, 0.25) is 0 Å². The first kappa shape index (κ1) is 26.7. The van der Waals surface area contributed by atoms with Crippen molar-refractivity contribution < 1.29 is 35.9 Å². The van der Waals surface area contributed by atoms with Crippen LogP contribution in [0.5, 0.6) is 5.75 Å². The van der Waals surface area contributed by atoms with Crippen LogP contribution in [-0.4, -0.2) is 23.6 Å². The highest BCUT2D eigenvalue weighted by atomic mass is 19.4. The van der Waals surface area contributed by atoms with Crippen molar-refractivity contribution in [3.8, 4) is 5.75 Å². The lowest BCUT2D eigenvalue weighted by Gasteiger charge is -2.31. The molecule has 0 saturated heterocycles. The minimum atomic E-state index is -4.75. The number of carbonyl (C=O) groups is 1. The number of benzene rings is 1. The van der Waals surface area contributed by atoms with Gasteiger partial charge in [0.25, 0.3) is 0 Å². The fraction of sp³-hybridized carbons (Fsp3) is 0.545. The molecular formula is C22H27F6NO2. The van der Waals surface area contributed by atoms with Crippen LogP contribution in [-0.2, 0) is 6.18 Å². The Bertz CT molecular complexity index is 840. The van der Waals surface area contributed by atoms with Gasteiger partial charge >= 0.3 is 12.4 Å². The molecule has 0 unspecified atom stereocenters. The second-order valence-corrected chi connectivity index (χ2v) is 6.49.